The molecule has 0 aliphatic carbocycles. The molecule has 9 heteroatoms. The van der Waals surface area contributed by atoms with Crippen molar-refractivity contribution in [2.24, 2.45) is 0 Å². The number of carbonyl (C=O) groups is 1. The molecule has 176 valence electrons. The van der Waals surface area contributed by atoms with Crippen LogP contribution in [-0.2, 0) is 4.79 Å². The predicted molar refractivity (Wildman–Crippen MR) is 137 cm³/mol. The number of rotatable bonds is 7. The van der Waals surface area contributed by atoms with Crippen molar-refractivity contribution in [1.29, 1.82) is 0 Å². The van der Waals surface area contributed by atoms with E-state index in [1.807, 2.05) is 73.8 Å². The number of nitrogens with zero attached hydrogens (tertiary/aromatic N) is 3. The van der Waals surface area contributed by atoms with Crippen LogP contribution >= 0.6 is 11.3 Å². The van der Waals surface area contributed by atoms with Crippen LogP contribution in [0.1, 0.15) is 25.5 Å². The van der Waals surface area contributed by atoms with Gasteiger partial charge in [-0.3, -0.25) is 14.6 Å². The number of ether oxygens (including phenoxy) is 1. The van der Waals surface area contributed by atoms with E-state index in [9.17, 15) is 9.59 Å². The van der Waals surface area contributed by atoms with Gasteiger partial charge < -0.3 is 10.1 Å². The van der Waals surface area contributed by atoms with Crippen molar-refractivity contribution in [2.45, 2.75) is 19.8 Å². The van der Waals surface area contributed by atoms with Crippen LogP contribution in [0.3, 0.4) is 0 Å². The third kappa shape index (κ3) is 4.99. The van der Waals surface area contributed by atoms with Crippen molar-refractivity contribution in [2.75, 3.05) is 11.9 Å². The van der Waals surface area contributed by atoms with Crippen LogP contribution in [-0.4, -0.2) is 32.3 Å². The first-order valence-electron chi connectivity index (χ1n) is 11.1. The molecule has 0 spiro atoms. The number of aromatic nitrogens is 4. The van der Waals surface area contributed by atoms with Crippen LogP contribution in [0.4, 0.5) is 5.82 Å². The van der Waals surface area contributed by atoms with Crippen molar-refractivity contribution < 1.29 is 9.53 Å². The summed E-state index contributed by atoms with van der Waals surface area (Å²) in [5, 5.41) is 11.5. The van der Waals surface area contributed by atoms with Gasteiger partial charge in [-0.15, -0.1) is 11.3 Å². The first-order valence-corrected chi connectivity index (χ1v) is 12.0. The summed E-state index contributed by atoms with van der Waals surface area (Å²) in [6, 6.07) is 20.7. The lowest BCUT2D eigenvalue weighted by Crippen LogP contribution is -2.23. The fourth-order valence-corrected chi connectivity index (χ4v) is 4.30. The van der Waals surface area contributed by atoms with Crippen molar-refractivity contribution in [3.8, 4) is 22.3 Å². The maximum atomic E-state index is 12.8. The normalized spacial score (nSPS) is 11.2. The Bertz CT molecular complexity index is 1550. The van der Waals surface area contributed by atoms with E-state index in [4.69, 9.17) is 4.74 Å². The van der Waals surface area contributed by atoms with E-state index in [0.29, 0.717) is 23.0 Å². The van der Waals surface area contributed by atoms with E-state index < -0.39 is 0 Å². The molecule has 2 aromatic carbocycles. The molecule has 0 saturated carbocycles. The Morgan fingerprint density at radius 1 is 1.09 bits per heavy atom. The Hall–Kier alpha value is -4.24. The molecule has 0 bridgehead atoms. The van der Waals surface area contributed by atoms with Gasteiger partial charge in [0, 0.05) is 12.1 Å². The van der Waals surface area contributed by atoms with Crippen LogP contribution < -0.4 is 15.6 Å². The Morgan fingerprint density at radius 2 is 1.91 bits per heavy atom. The van der Waals surface area contributed by atoms with Crippen molar-refractivity contribution in [3.05, 3.63) is 88.2 Å². The standard InChI is InChI=1S/C26H23N5O3S/c1-16(2)20-14-24(32)29-26(27-20)31-23(13-21(30-31)22-8-5-11-35-22)28-25(33)15-34-19-10-9-17-6-3-4-7-18(17)12-19/h3-14,16H,15H2,1-2H3,(H,28,33)(H,27,29,32). The van der Waals surface area contributed by atoms with Gasteiger partial charge in [-0.25, -0.2) is 4.98 Å². The topological polar surface area (TPSA) is 102 Å². The first kappa shape index (κ1) is 22.5. The smallest absolute Gasteiger partial charge is 0.263 e. The maximum Gasteiger partial charge on any atom is 0.263 e. The van der Waals surface area contributed by atoms with E-state index >= 15 is 0 Å². The van der Waals surface area contributed by atoms with E-state index in [-0.39, 0.29) is 29.9 Å². The summed E-state index contributed by atoms with van der Waals surface area (Å²) >= 11 is 1.53. The van der Waals surface area contributed by atoms with Gasteiger partial charge in [-0.05, 0) is 40.3 Å². The van der Waals surface area contributed by atoms with Crippen LogP contribution in [0.2, 0.25) is 0 Å². The second kappa shape index (κ2) is 9.55. The summed E-state index contributed by atoms with van der Waals surface area (Å²) in [5.41, 5.74) is 1.00. The highest BCUT2D eigenvalue weighted by molar-refractivity contribution is 7.13. The Kier molecular flexibility index (Phi) is 6.15. The Labute approximate surface area is 205 Å². The number of hydrogen-bond acceptors (Lipinski definition) is 6. The summed E-state index contributed by atoms with van der Waals surface area (Å²) < 4.78 is 7.17. The summed E-state index contributed by atoms with van der Waals surface area (Å²) in [6.07, 6.45) is 0. The van der Waals surface area contributed by atoms with Gasteiger partial charge in [-0.1, -0.05) is 50.2 Å². The van der Waals surface area contributed by atoms with E-state index in [1.54, 1.807) is 6.07 Å². The molecule has 0 saturated heterocycles. The van der Waals surface area contributed by atoms with Crippen molar-refractivity contribution >= 4 is 33.8 Å². The summed E-state index contributed by atoms with van der Waals surface area (Å²) in [5.74, 6) is 0.901. The minimum absolute atomic E-state index is 0.0526. The molecule has 0 aliphatic rings. The molecule has 35 heavy (non-hydrogen) atoms. The van der Waals surface area contributed by atoms with Crippen LogP contribution in [0.5, 0.6) is 5.75 Å². The van der Waals surface area contributed by atoms with E-state index in [1.165, 1.54) is 22.1 Å². The van der Waals surface area contributed by atoms with Gasteiger partial charge in [0.1, 0.15) is 17.3 Å². The number of thiophene rings is 1. The average Bonchev–Trinajstić information content (AvgIpc) is 3.52. The van der Waals surface area contributed by atoms with Gasteiger partial charge in [-0.2, -0.15) is 9.78 Å². The highest BCUT2D eigenvalue weighted by Crippen LogP contribution is 2.27. The lowest BCUT2D eigenvalue weighted by atomic mass is 10.1. The fraction of sp³-hybridized carbons (Fsp3) is 0.154. The molecule has 2 N–H and O–H groups in total. The Balaban J connectivity index is 1.41. The zero-order valence-corrected chi connectivity index (χ0v) is 20.0. The molecule has 3 aromatic heterocycles. The quantitative estimate of drug-likeness (QED) is 0.339. The largest absolute Gasteiger partial charge is 0.484 e. The van der Waals surface area contributed by atoms with Crippen molar-refractivity contribution in [3.63, 3.8) is 0 Å². The van der Waals surface area contributed by atoms with E-state index in [2.05, 4.69) is 20.4 Å². The second-order valence-corrected chi connectivity index (χ2v) is 9.25. The highest BCUT2D eigenvalue weighted by Gasteiger charge is 2.17. The molecule has 0 fully saturated rings. The minimum atomic E-state index is -0.362. The molecule has 8 nitrogen and oxygen atoms in total. The minimum Gasteiger partial charge on any atom is -0.484 e. The van der Waals surface area contributed by atoms with Crippen LogP contribution in [0.15, 0.2) is 76.9 Å². The Morgan fingerprint density at radius 3 is 2.69 bits per heavy atom. The molecular weight excluding hydrogens is 462 g/mol. The zero-order chi connectivity index (χ0) is 24.4. The van der Waals surface area contributed by atoms with Crippen LogP contribution in [0.25, 0.3) is 27.3 Å². The molecule has 0 unspecified atom stereocenters. The summed E-state index contributed by atoms with van der Waals surface area (Å²) in [6.45, 7) is 3.73. The van der Waals surface area contributed by atoms with E-state index in [0.717, 1.165) is 15.6 Å². The molecule has 5 aromatic rings. The summed E-state index contributed by atoms with van der Waals surface area (Å²) in [7, 11) is 0. The molecule has 1 amide bonds. The van der Waals surface area contributed by atoms with Gasteiger partial charge in [0.05, 0.1) is 10.6 Å². The molecular formula is C26H23N5O3S. The first-order chi connectivity index (χ1) is 17.0. The predicted octanol–water partition coefficient (Wildman–Crippen LogP) is 4.98. The second-order valence-electron chi connectivity index (χ2n) is 8.30. The zero-order valence-electron chi connectivity index (χ0n) is 19.2. The number of aromatic amines is 1. The van der Waals surface area contributed by atoms with Gasteiger partial charge in [0.2, 0.25) is 5.95 Å². The molecule has 3 heterocycles. The number of carbonyl (C=O) groups excluding carboxylic acids is 1. The third-order valence-electron chi connectivity index (χ3n) is 5.38. The lowest BCUT2D eigenvalue weighted by molar-refractivity contribution is -0.118. The highest BCUT2D eigenvalue weighted by atomic mass is 32.1. The number of amides is 1. The SMILES string of the molecule is CC(C)c1cc(=O)[nH]c(-n2nc(-c3cccs3)cc2NC(=O)COc2ccc3ccccc3c2)n1. The summed E-state index contributed by atoms with van der Waals surface area (Å²) in [4.78, 5) is 33.3. The van der Waals surface area contributed by atoms with Gasteiger partial charge in [0.25, 0.3) is 11.5 Å². The van der Waals surface area contributed by atoms with Gasteiger partial charge in [0.15, 0.2) is 6.61 Å². The fourth-order valence-electron chi connectivity index (χ4n) is 3.62. The number of fused-ring (bicyclic) bond motifs is 1. The number of hydrogen-bond donors (Lipinski definition) is 2. The molecule has 5 rings (SSSR count). The van der Waals surface area contributed by atoms with Gasteiger partial charge >= 0.3 is 0 Å². The third-order valence-corrected chi connectivity index (χ3v) is 6.27. The average molecular weight is 486 g/mol. The number of benzene rings is 2. The van der Waals surface area contributed by atoms with Crippen molar-refractivity contribution in [1.82, 2.24) is 19.7 Å². The molecule has 0 atom stereocenters. The maximum absolute atomic E-state index is 12.8. The number of nitrogens with one attached hydrogen (secondary N) is 2. The number of anilines is 1. The monoisotopic (exact) mass is 485 g/mol. The lowest BCUT2D eigenvalue weighted by Gasteiger charge is -2.11. The molecule has 0 radical (unpaired) electrons. The molecule has 0 aliphatic heterocycles. The number of H-pyrrole nitrogens is 1. The van der Waals surface area contributed by atoms with Crippen LogP contribution in [0, 0.1) is 0 Å².